The highest BCUT2D eigenvalue weighted by Crippen LogP contribution is 2.25. The van der Waals surface area contributed by atoms with Gasteiger partial charge in [0.05, 0.1) is 5.69 Å². The third kappa shape index (κ3) is 5.12. The Hall–Kier alpha value is -2.87. The van der Waals surface area contributed by atoms with Gasteiger partial charge in [0.15, 0.2) is 11.0 Å². The minimum Gasteiger partial charge on any atom is -0.366 e. The van der Waals surface area contributed by atoms with Gasteiger partial charge in [0.25, 0.3) is 0 Å². The fourth-order valence-corrected chi connectivity index (χ4v) is 4.87. The Morgan fingerprint density at radius 2 is 1.72 bits per heavy atom. The van der Waals surface area contributed by atoms with Crippen molar-refractivity contribution in [3.05, 3.63) is 60.4 Å². The molecule has 0 atom stereocenters. The molecule has 32 heavy (non-hydrogen) atoms. The molecular weight excluding hydrogens is 425 g/mol. The maximum atomic E-state index is 14.0. The molecule has 0 bridgehead atoms. The van der Waals surface area contributed by atoms with Crippen molar-refractivity contribution in [2.45, 2.75) is 31.5 Å². The first-order valence-electron chi connectivity index (χ1n) is 11.1. The van der Waals surface area contributed by atoms with Gasteiger partial charge in [-0.25, -0.2) is 4.39 Å². The molecule has 0 aliphatic carbocycles. The van der Waals surface area contributed by atoms with Gasteiger partial charge >= 0.3 is 0 Å². The molecule has 168 valence electrons. The van der Waals surface area contributed by atoms with Crippen LogP contribution in [0.1, 0.15) is 19.8 Å². The van der Waals surface area contributed by atoms with Crippen LogP contribution in [0.5, 0.6) is 0 Å². The molecule has 6 nitrogen and oxygen atoms in total. The van der Waals surface area contributed by atoms with Crippen LogP contribution in [0.2, 0.25) is 0 Å². The number of hydrogen-bond acceptors (Lipinski definition) is 5. The van der Waals surface area contributed by atoms with Crippen LogP contribution in [0.15, 0.2) is 59.8 Å². The molecule has 1 aromatic heterocycles. The first-order valence-corrected chi connectivity index (χ1v) is 12.0. The van der Waals surface area contributed by atoms with Crippen LogP contribution in [-0.4, -0.2) is 57.5 Å². The molecule has 1 fully saturated rings. The Morgan fingerprint density at radius 3 is 2.44 bits per heavy atom. The first kappa shape index (κ1) is 22.3. The van der Waals surface area contributed by atoms with E-state index < -0.39 is 0 Å². The summed E-state index contributed by atoms with van der Waals surface area (Å²) in [5.74, 6) is 1.65. The Balaban J connectivity index is 1.23. The lowest BCUT2D eigenvalue weighted by atomic mass is 10.2. The van der Waals surface area contributed by atoms with Gasteiger partial charge in [-0.2, -0.15) is 0 Å². The van der Waals surface area contributed by atoms with Gasteiger partial charge < -0.3 is 14.4 Å². The third-order valence-electron chi connectivity index (χ3n) is 5.66. The number of para-hydroxylation sites is 1. The average molecular weight is 454 g/mol. The Morgan fingerprint density at radius 1 is 1.00 bits per heavy atom. The van der Waals surface area contributed by atoms with Crippen molar-refractivity contribution in [2.75, 3.05) is 36.8 Å². The first-order chi connectivity index (χ1) is 15.7. The summed E-state index contributed by atoms with van der Waals surface area (Å²) in [5.41, 5.74) is 1.67. The molecule has 0 unspecified atom stereocenters. The predicted octanol–water partition coefficient (Wildman–Crippen LogP) is 4.33. The van der Waals surface area contributed by atoms with Crippen LogP contribution in [-0.2, 0) is 11.3 Å². The second-order valence-corrected chi connectivity index (χ2v) is 8.75. The van der Waals surface area contributed by atoms with E-state index in [2.05, 4.69) is 21.7 Å². The quantitative estimate of drug-likeness (QED) is 0.375. The smallest absolute Gasteiger partial charge is 0.222 e. The highest BCUT2D eigenvalue weighted by molar-refractivity contribution is 7.99. The molecule has 1 saturated heterocycles. The largest absolute Gasteiger partial charge is 0.366 e. The van der Waals surface area contributed by atoms with Gasteiger partial charge in [-0.3, -0.25) is 4.79 Å². The van der Waals surface area contributed by atoms with E-state index >= 15 is 0 Å². The molecule has 2 heterocycles. The van der Waals surface area contributed by atoms with E-state index in [0.29, 0.717) is 38.3 Å². The zero-order valence-electron chi connectivity index (χ0n) is 18.3. The van der Waals surface area contributed by atoms with Crippen LogP contribution in [0.4, 0.5) is 10.1 Å². The molecule has 2 aromatic carbocycles. The molecule has 0 spiro atoms. The highest BCUT2D eigenvalue weighted by Gasteiger charge is 2.22. The lowest BCUT2D eigenvalue weighted by molar-refractivity contribution is -0.131. The molecule has 0 N–H and O–H groups in total. The molecule has 3 aromatic rings. The van der Waals surface area contributed by atoms with Crippen LogP contribution >= 0.6 is 11.8 Å². The van der Waals surface area contributed by atoms with Crippen molar-refractivity contribution in [2.24, 2.45) is 0 Å². The van der Waals surface area contributed by atoms with E-state index in [9.17, 15) is 9.18 Å². The number of carbonyl (C=O) groups excluding carboxylic acids is 1. The summed E-state index contributed by atoms with van der Waals surface area (Å²) in [7, 11) is 0. The summed E-state index contributed by atoms with van der Waals surface area (Å²) in [6.45, 7) is 5.46. The van der Waals surface area contributed by atoms with Crippen molar-refractivity contribution in [1.82, 2.24) is 19.7 Å². The fourth-order valence-electron chi connectivity index (χ4n) is 3.93. The fraction of sp³-hybridized carbons (Fsp3) is 0.375. The lowest BCUT2D eigenvalue weighted by Gasteiger charge is -2.36. The molecule has 1 aliphatic heterocycles. The summed E-state index contributed by atoms with van der Waals surface area (Å²) in [4.78, 5) is 16.5. The number of carbonyl (C=O) groups is 1. The number of anilines is 1. The Kier molecular flexibility index (Phi) is 7.42. The summed E-state index contributed by atoms with van der Waals surface area (Å²) in [6.07, 6.45) is 1.30. The predicted molar refractivity (Wildman–Crippen MR) is 126 cm³/mol. The van der Waals surface area contributed by atoms with Crippen molar-refractivity contribution in [3.63, 3.8) is 0 Å². The Labute approximate surface area is 192 Å². The van der Waals surface area contributed by atoms with Gasteiger partial charge in [0.2, 0.25) is 5.91 Å². The van der Waals surface area contributed by atoms with Gasteiger partial charge in [-0.1, -0.05) is 54.2 Å². The zero-order chi connectivity index (χ0) is 22.3. The second-order valence-electron chi connectivity index (χ2n) is 7.69. The molecule has 0 saturated carbocycles. The van der Waals surface area contributed by atoms with E-state index in [1.165, 1.54) is 6.07 Å². The maximum absolute atomic E-state index is 14.0. The normalized spacial score (nSPS) is 14.1. The molecular formula is C24H28FN5OS. The molecule has 8 heteroatoms. The number of halogens is 1. The van der Waals surface area contributed by atoms with E-state index in [1.54, 1.807) is 23.9 Å². The standard InChI is InChI=1S/C24H28FN5OS/c1-2-30-23(19-9-4-3-5-10-19)26-27-24(30)32-18-8-13-22(31)29-16-14-28(15-17-29)21-12-7-6-11-20(21)25/h3-7,9-12H,2,8,13-18H2,1H3. The number of rotatable bonds is 8. The van der Waals surface area contributed by atoms with Crippen LogP contribution < -0.4 is 4.90 Å². The van der Waals surface area contributed by atoms with Gasteiger partial charge in [-0.15, -0.1) is 10.2 Å². The molecule has 0 radical (unpaired) electrons. The van der Waals surface area contributed by atoms with E-state index in [1.807, 2.05) is 46.2 Å². The topological polar surface area (TPSA) is 54.3 Å². The van der Waals surface area contributed by atoms with Crippen molar-refractivity contribution < 1.29 is 9.18 Å². The number of nitrogens with zero attached hydrogens (tertiary/aromatic N) is 5. The average Bonchev–Trinajstić information content (AvgIpc) is 3.25. The zero-order valence-corrected chi connectivity index (χ0v) is 19.1. The summed E-state index contributed by atoms with van der Waals surface area (Å²) in [6, 6.07) is 16.9. The monoisotopic (exact) mass is 453 g/mol. The van der Waals surface area contributed by atoms with Gasteiger partial charge in [0, 0.05) is 50.5 Å². The maximum Gasteiger partial charge on any atom is 0.222 e. The number of aromatic nitrogens is 3. The lowest BCUT2D eigenvalue weighted by Crippen LogP contribution is -2.49. The number of piperazine rings is 1. The van der Waals surface area contributed by atoms with Gasteiger partial charge in [-0.05, 0) is 25.5 Å². The van der Waals surface area contributed by atoms with Crippen LogP contribution in [0.25, 0.3) is 11.4 Å². The molecule has 1 aliphatic rings. The minimum atomic E-state index is -0.209. The van der Waals surface area contributed by atoms with Crippen LogP contribution in [0, 0.1) is 5.82 Å². The summed E-state index contributed by atoms with van der Waals surface area (Å²) >= 11 is 1.64. The highest BCUT2D eigenvalue weighted by atomic mass is 32.2. The van der Waals surface area contributed by atoms with Crippen LogP contribution in [0.3, 0.4) is 0 Å². The van der Waals surface area contributed by atoms with Crippen molar-refractivity contribution in [1.29, 1.82) is 0 Å². The number of benzene rings is 2. The molecule has 1 amide bonds. The van der Waals surface area contributed by atoms with Crippen molar-refractivity contribution in [3.8, 4) is 11.4 Å². The van der Waals surface area contributed by atoms with E-state index in [4.69, 9.17) is 0 Å². The Bertz CT molecular complexity index is 1030. The summed E-state index contributed by atoms with van der Waals surface area (Å²) in [5, 5.41) is 9.61. The van der Waals surface area contributed by atoms with E-state index in [0.717, 1.165) is 35.3 Å². The minimum absolute atomic E-state index is 0.167. The summed E-state index contributed by atoms with van der Waals surface area (Å²) < 4.78 is 16.1. The third-order valence-corrected chi connectivity index (χ3v) is 6.71. The molecule has 4 rings (SSSR count). The number of thioether (sulfide) groups is 1. The van der Waals surface area contributed by atoms with Gasteiger partial charge in [0.1, 0.15) is 5.82 Å². The van der Waals surface area contributed by atoms with Crippen molar-refractivity contribution >= 4 is 23.4 Å². The van der Waals surface area contributed by atoms with E-state index in [-0.39, 0.29) is 11.7 Å². The number of amides is 1. The number of hydrogen-bond donors (Lipinski definition) is 0. The second kappa shape index (κ2) is 10.6. The SMILES string of the molecule is CCn1c(SCCCC(=O)N2CCN(c3ccccc3F)CC2)nnc1-c1ccccc1.